The Labute approximate surface area is 131 Å². The Hall–Kier alpha value is -2.13. The van der Waals surface area contributed by atoms with E-state index >= 15 is 0 Å². The second-order valence-electron chi connectivity index (χ2n) is 6.58. The minimum absolute atomic E-state index is 0.166. The van der Waals surface area contributed by atoms with Crippen LogP contribution < -0.4 is 5.32 Å². The maximum atomic E-state index is 11.5. The van der Waals surface area contributed by atoms with Crippen LogP contribution in [0.15, 0.2) is 60.7 Å². The van der Waals surface area contributed by atoms with Gasteiger partial charge in [0.15, 0.2) is 0 Å². The molecular weight excluding hydrogens is 272 g/mol. The van der Waals surface area contributed by atoms with Gasteiger partial charge in [-0.25, -0.2) is 0 Å². The number of likely N-dealkylation sites (tertiary alicyclic amines) is 1. The van der Waals surface area contributed by atoms with Crippen LogP contribution >= 0.6 is 0 Å². The fraction of sp³-hybridized carbons (Fsp3) is 0.316. The summed E-state index contributed by atoms with van der Waals surface area (Å²) in [5, 5.41) is 2.99. The molecule has 2 fully saturated rings. The summed E-state index contributed by atoms with van der Waals surface area (Å²) in [7, 11) is 0. The molecule has 22 heavy (non-hydrogen) atoms. The van der Waals surface area contributed by atoms with Gasteiger partial charge >= 0.3 is 0 Å². The van der Waals surface area contributed by atoms with Crippen LogP contribution in [0.3, 0.4) is 0 Å². The van der Waals surface area contributed by atoms with Crippen LogP contribution in [0, 0.1) is 5.41 Å². The lowest BCUT2D eigenvalue weighted by Gasteiger charge is -2.51. The molecule has 2 aromatic rings. The molecule has 2 aliphatic heterocycles. The number of carbonyl (C=O) groups excluding carboxylic acids is 1. The van der Waals surface area contributed by atoms with E-state index in [0.717, 1.165) is 19.6 Å². The van der Waals surface area contributed by atoms with Crippen LogP contribution in [-0.2, 0) is 4.79 Å². The Morgan fingerprint density at radius 3 is 1.91 bits per heavy atom. The van der Waals surface area contributed by atoms with E-state index in [4.69, 9.17) is 0 Å². The molecule has 4 rings (SSSR count). The summed E-state index contributed by atoms with van der Waals surface area (Å²) in [5.41, 5.74) is 2.81. The maximum Gasteiger partial charge on any atom is 0.220 e. The second-order valence-corrected chi connectivity index (χ2v) is 6.58. The number of hydrogen-bond donors (Lipinski definition) is 1. The number of carbonyl (C=O) groups is 1. The van der Waals surface area contributed by atoms with Crippen LogP contribution in [0.25, 0.3) is 0 Å². The normalized spacial score (nSPS) is 20.1. The summed E-state index contributed by atoms with van der Waals surface area (Å²) in [6.45, 7) is 2.80. The van der Waals surface area contributed by atoms with E-state index < -0.39 is 0 Å². The third-order valence-electron chi connectivity index (χ3n) is 4.87. The second kappa shape index (κ2) is 5.25. The summed E-state index contributed by atoms with van der Waals surface area (Å²) in [6.07, 6.45) is 0.680. The smallest absolute Gasteiger partial charge is 0.220 e. The molecule has 2 heterocycles. The molecule has 0 unspecified atom stereocenters. The van der Waals surface area contributed by atoms with Gasteiger partial charge in [0.05, 0.1) is 6.04 Å². The Morgan fingerprint density at radius 2 is 1.45 bits per heavy atom. The van der Waals surface area contributed by atoms with E-state index in [1.807, 2.05) is 0 Å². The van der Waals surface area contributed by atoms with E-state index in [2.05, 4.69) is 70.9 Å². The quantitative estimate of drug-likeness (QED) is 0.943. The SMILES string of the molecule is O=C1CC2(CN1)CN(C(c1ccccc1)c1ccccc1)C2. The summed E-state index contributed by atoms with van der Waals surface area (Å²) < 4.78 is 0. The van der Waals surface area contributed by atoms with Gasteiger partial charge in [-0.1, -0.05) is 60.7 Å². The predicted molar refractivity (Wildman–Crippen MR) is 86.4 cm³/mol. The van der Waals surface area contributed by atoms with Crippen molar-refractivity contribution >= 4 is 5.91 Å². The number of rotatable bonds is 3. The summed E-state index contributed by atoms with van der Waals surface area (Å²) in [5.74, 6) is 0.204. The molecule has 2 aliphatic rings. The molecule has 1 amide bonds. The molecule has 0 bridgehead atoms. The molecule has 3 heteroatoms. The standard InChI is InChI=1S/C19H20N2O/c22-17-11-19(12-20-17)13-21(14-19)18(15-7-3-1-4-8-15)16-9-5-2-6-10-16/h1-10,18H,11-14H2,(H,20,22). The average Bonchev–Trinajstić information content (AvgIpc) is 2.92. The molecule has 1 N–H and O–H groups in total. The number of amides is 1. The molecule has 112 valence electrons. The molecule has 0 aliphatic carbocycles. The zero-order chi connectivity index (χ0) is 15.0. The Kier molecular flexibility index (Phi) is 3.23. The fourth-order valence-electron chi connectivity index (χ4n) is 3.86. The van der Waals surface area contributed by atoms with E-state index in [1.165, 1.54) is 11.1 Å². The van der Waals surface area contributed by atoms with Crippen LogP contribution in [0.4, 0.5) is 0 Å². The van der Waals surface area contributed by atoms with E-state index in [0.29, 0.717) is 6.42 Å². The van der Waals surface area contributed by atoms with Crippen LogP contribution in [0.2, 0.25) is 0 Å². The first-order valence-electron chi connectivity index (χ1n) is 7.86. The highest BCUT2D eigenvalue weighted by atomic mass is 16.1. The zero-order valence-electron chi connectivity index (χ0n) is 12.5. The van der Waals surface area contributed by atoms with Crippen molar-refractivity contribution in [3.8, 4) is 0 Å². The van der Waals surface area contributed by atoms with Crippen molar-refractivity contribution in [2.24, 2.45) is 5.41 Å². The predicted octanol–water partition coefficient (Wildman–Crippen LogP) is 2.60. The molecule has 0 saturated carbocycles. The van der Waals surface area contributed by atoms with Gasteiger partial charge in [-0.2, -0.15) is 0 Å². The van der Waals surface area contributed by atoms with E-state index in [9.17, 15) is 4.79 Å². The highest BCUT2D eigenvalue weighted by Gasteiger charge is 2.50. The summed E-state index contributed by atoms with van der Waals surface area (Å²) in [6, 6.07) is 21.6. The molecule has 0 aromatic heterocycles. The first-order valence-corrected chi connectivity index (χ1v) is 7.86. The topological polar surface area (TPSA) is 32.3 Å². The van der Waals surface area contributed by atoms with Crippen molar-refractivity contribution in [3.05, 3.63) is 71.8 Å². The molecule has 0 radical (unpaired) electrons. The number of benzene rings is 2. The molecule has 1 spiro atoms. The van der Waals surface area contributed by atoms with Crippen LogP contribution in [-0.4, -0.2) is 30.4 Å². The van der Waals surface area contributed by atoms with Gasteiger partial charge < -0.3 is 5.32 Å². The first kappa shape index (κ1) is 13.5. The Balaban J connectivity index is 1.61. The minimum Gasteiger partial charge on any atom is -0.355 e. The van der Waals surface area contributed by atoms with Crippen LogP contribution in [0.5, 0.6) is 0 Å². The molecule has 2 saturated heterocycles. The van der Waals surface area contributed by atoms with Gasteiger partial charge in [0.25, 0.3) is 0 Å². The third kappa shape index (κ3) is 2.32. The molecule has 3 nitrogen and oxygen atoms in total. The highest BCUT2D eigenvalue weighted by molar-refractivity contribution is 5.79. The van der Waals surface area contributed by atoms with Crippen molar-refractivity contribution in [2.45, 2.75) is 12.5 Å². The Morgan fingerprint density at radius 1 is 0.909 bits per heavy atom. The number of nitrogens with zero attached hydrogens (tertiary/aromatic N) is 1. The summed E-state index contributed by atoms with van der Waals surface area (Å²) >= 11 is 0. The van der Waals surface area contributed by atoms with Gasteiger partial charge in [-0.05, 0) is 11.1 Å². The van der Waals surface area contributed by atoms with Crippen molar-refractivity contribution in [1.29, 1.82) is 0 Å². The molecule has 0 atom stereocenters. The third-order valence-corrected chi connectivity index (χ3v) is 4.87. The Bertz CT molecular complexity index is 623. The molecular formula is C19H20N2O. The van der Waals surface area contributed by atoms with Gasteiger partial charge in [0, 0.05) is 31.5 Å². The van der Waals surface area contributed by atoms with Gasteiger partial charge in [0.2, 0.25) is 5.91 Å². The van der Waals surface area contributed by atoms with E-state index in [-0.39, 0.29) is 17.4 Å². The van der Waals surface area contributed by atoms with Crippen molar-refractivity contribution in [2.75, 3.05) is 19.6 Å². The van der Waals surface area contributed by atoms with Gasteiger partial charge in [-0.3, -0.25) is 9.69 Å². The average molecular weight is 292 g/mol. The zero-order valence-corrected chi connectivity index (χ0v) is 12.5. The van der Waals surface area contributed by atoms with Gasteiger partial charge in [0.1, 0.15) is 0 Å². The summed E-state index contributed by atoms with van der Waals surface area (Å²) in [4.78, 5) is 14.0. The molecule has 2 aromatic carbocycles. The monoisotopic (exact) mass is 292 g/mol. The lowest BCUT2D eigenvalue weighted by Crippen LogP contribution is -2.58. The lowest BCUT2D eigenvalue weighted by molar-refractivity contribution is -0.120. The fourth-order valence-corrected chi connectivity index (χ4v) is 3.86. The lowest BCUT2D eigenvalue weighted by atomic mass is 9.76. The van der Waals surface area contributed by atoms with Crippen molar-refractivity contribution in [3.63, 3.8) is 0 Å². The first-order chi connectivity index (χ1) is 10.8. The number of hydrogen-bond acceptors (Lipinski definition) is 2. The van der Waals surface area contributed by atoms with Crippen molar-refractivity contribution < 1.29 is 4.79 Å². The van der Waals surface area contributed by atoms with Crippen LogP contribution in [0.1, 0.15) is 23.6 Å². The largest absolute Gasteiger partial charge is 0.355 e. The minimum atomic E-state index is 0.166. The highest BCUT2D eigenvalue weighted by Crippen LogP contribution is 2.43. The maximum absolute atomic E-state index is 11.5. The number of nitrogens with one attached hydrogen (secondary N) is 1. The van der Waals surface area contributed by atoms with Crippen molar-refractivity contribution in [1.82, 2.24) is 10.2 Å². The van der Waals surface area contributed by atoms with E-state index in [1.54, 1.807) is 0 Å². The van der Waals surface area contributed by atoms with Gasteiger partial charge in [-0.15, -0.1) is 0 Å².